The summed E-state index contributed by atoms with van der Waals surface area (Å²) in [5.41, 5.74) is 0.788. The van der Waals surface area contributed by atoms with E-state index in [9.17, 15) is 4.79 Å². The lowest BCUT2D eigenvalue weighted by molar-refractivity contribution is 0.0235. The second kappa shape index (κ2) is 7.67. The van der Waals surface area contributed by atoms with Gasteiger partial charge in [0.15, 0.2) is 0 Å². The van der Waals surface area contributed by atoms with Gasteiger partial charge in [0, 0.05) is 29.6 Å². The van der Waals surface area contributed by atoms with Crippen LogP contribution in [0.2, 0.25) is 0 Å². The average Bonchev–Trinajstić information content (AvgIpc) is 3.25. The molecular weight excluding hydrogens is 356 g/mol. The van der Waals surface area contributed by atoms with Crippen LogP contribution < -0.4 is 5.32 Å². The van der Waals surface area contributed by atoms with Gasteiger partial charge >= 0.3 is 6.09 Å². The van der Waals surface area contributed by atoms with Crippen molar-refractivity contribution in [3.8, 4) is 0 Å². The molecular formula is C18H27BrN2O2. The molecule has 1 saturated carbocycles. The van der Waals surface area contributed by atoms with E-state index in [1.807, 2.05) is 37.8 Å². The third-order valence-corrected chi connectivity index (χ3v) is 4.26. The lowest BCUT2D eigenvalue weighted by Crippen LogP contribution is -2.42. The first-order chi connectivity index (χ1) is 10.8. The number of nitrogens with one attached hydrogen (secondary N) is 1. The van der Waals surface area contributed by atoms with Gasteiger partial charge in [-0.3, -0.25) is 0 Å². The first kappa shape index (κ1) is 18.3. The van der Waals surface area contributed by atoms with Crippen molar-refractivity contribution in [2.24, 2.45) is 0 Å². The zero-order valence-corrected chi connectivity index (χ0v) is 16.0. The molecule has 1 aliphatic rings. The normalized spacial score (nSPS) is 16.0. The Morgan fingerprint density at radius 3 is 2.70 bits per heavy atom. The van der Waals surface area contributed by atoms with Crippen molar-refractivity contribution >= 4 is 22.0 Å². The number of nitrogens with zero attached hydrogens (tertiary/aromatic N) is 1. The standard InChI is InChI=1S/C18H27BrN2O2/c1-13(14-6-5-7-15(19)12-14)20-10-11-21(16-8-9-16)17(22)23-18(2,3)4/h5-7,12-13,16,20H,8-11H2,1-4H3. The predicted octanol–water partition coefficient (Wildman–Crippen LogP) is 4.50. The Bertz CT molecular complexity index is 538. The lowest BCUT2D eigenvalue weighted by atomic mass is 10.1. The molecule has 0 bridgehead atoms. The zero-order valence-electron chi connectivity index (χ0n) is 14.4. The molecule has 1 atom stereocenters. The number of hydrogen-bond acceptors (Lipinski definition) is 3. The van der Waals surface area contributed by atoms with E-state index < -0.39 is 5.60 Å². The van der Waals surface area contributed by atoms with Crippen LogP contribution in [0.15, 0.2) is 28.7 Å². The molecule has 1 aliphatic carbocycles. The Hall–Kier alpha value is -1.07. The number of hydrogen-bond donors (Lipinski definition) is 1. The smallest absolute Gasteiger partial charge is 0.410 e. The molecule has 0 aromatic heterocycles. The zero-order chi connectivity index (χ0) is 17.0. The monoisotopic (exact) mass is 382 g/mol. The van der Waals surface area contributed by atoms with E-state index in [0.717, 1.165) is 23.9 Å². The van der Waals surface area contributed by atoms with Crippen LogP contribution in [0.1, 0.15) is 52.1 Å². The average molecular weight is 383 g/mol. The number of halogens is 1. The summed E-state index contributed by atoms with van der Waals surface area (Å²) in [4.78, 5) is 14.2. The van der Waals surface area contributed by atoms with Gasteiger partial charge in [0.2, 0.25) is 0 Å². The first-order valence-electron chi connectivity index (χ1n) is 8.25. The third-order valence-electron chi connectivity index (χ3n) is 3.77. The molecule has 1 N–H and O–H groups in total. The lowest BCUT2D eigenvalue weighted by Gasteiger charge is -2.28. The molecule has 23 heavy (non-hydrogen) atoms. The van der Waals surface area contributed by atoms with Gasteiger partial charge in [-0.25, -0.2) is 4.79 Å². The van der Waals surface area contributed by atoms with Crippen molar-refractivity contribution in [3.05, 3.63) is 34.3 Å². The second-order valence-corrected chi connectivity index (χ2v) is 8.05. The minimum absolute atomic E-state index is 0.197. The van der Waals surface area contributed by atoms with Crippen LogP contribution in [0.4, 0.5) is 4.79 Å². The number of carbonyl (C=O) groups excluding carboxylic acids is 1. The van der Waals surface area contributed by atoms with Crippen LogP contribution in [0, 0.1) is 0 Å². The number of ether oxygens (including phenoxy) is 1. The van der Waals surface area contributed by atoms with Gasteiger partial charge in [-0.15, -0.1) is 0 Å². The van der Waals surface area contributed by atoms with Crippen molar-refractivity contribution in [1.29, 1.82) is 0 Å². The van der Waals surface area contributed by atoms with Crippen LogP contribution in [0.25, 0.3) is 0 Å². The first-order valence-corrected chi connectivity index (χ1v) is 9.04. The summed E-state index contributed by atoms with van der Waals surface area (Å²) in [6.07, 6.45) is 1.97. The topological polar surface area (TPSA) is 41.6 Å². The molecule has 1 amide bonds. The highest BCUT2D eigenvalue weighted by Crippen LogP contribution is 2.28. The highest BCUT2D eigenvalue weighted by atomic mass is 79.9. The van der Waals surface area contributed by atoms with Gasteiger partial charge in [0.05, 0.1) is 0 Å². The van der Waals surface area contributed by atoms with Crippen LogP contribution >= 0.6 is 15.9 Å². The van der Waals surface area contributed by atoms with Gasteiger partial charge < -0.3 is 15.0 Å². The minimum Gasteiger partial charge on any atom is -0.444 e. The molecule has 5 heteroatoms. The summed E-state index contributed by atoms with van der Waals surface area (Å²) in [5.74, 6) is 0. The fourth-order valence-corrected chi connectivity index (χ4v) is 2.84. The molecule has 1 aromatic rings. The van der Waals surface area contributed by atoms with Gasteiger partial charge in [-0.05, 0) is 58.2 Å². The fourth-order valence-electron chi connectivity index (χ4n) is 2.42. The van der Waals surface area contributed by atoms with E-state index in [4.69, 9.17) is 4.74 Å². The van der Waals surface area contributed by atoms with Crippen LogP contribution in [-0.4, -0.2) is 35.7 Å². The Labute approximate surface area is 147 Å². The summed E-state index contributed by atoms with van der Waals surface area (Å²) in [7, 11) is 0. The predicted molar refractivity (Wildman–Crippen MR) is 96.5 cm³/mol. The molecule has 0 spiro atoms. The summed E-state index contributed by atoms with van der Waals surface area (Å²) in [5, 5.41) is 3.49. The fraction of sp³-hybridized carbons (Fsp3) is 0.611. The molecule has 1 fully saturated rings. The molecule has 0 radical (unpaired) electrons. The maximum absolute atomic E-state index is 12.3. The molecule has 2 rings (SSSR count). The van der Waals surface area contributed by atoms with Crippen LogP contribution in [0.3, 0.4) is 0 Å². The van der Waals surface area contributed by atoms with Crippen molar-refractivity contribution in [2.75, 3.05) is 13.1 Å². The second-order valence-electron chi connectivity index (χ2n) is 7.14. The van der Waals surface area contributed by atoms with Crippen molar-refractivity contribution < 1.29 is 9.53 Å². The molecule has 0 saturated heterocycles. The van der Waals surface area contributed by atoms with Crippen LogP contribution in [0.5, 0.6) is 0 Å². The van der Waals surface area contributed by atoms with Gasteiger partial charge in [-0.1, -0.05) is 28.1 Å². The number of benzene rings is 1. The van der Waals surface area contributed by atoms with E-state index in [2.05, 4.69) is 40.3 Å². The van der Waals surface area contributed by atoms with Gasteiger partial charge in [0.1, 0.15) is 5.60 Å². The Balaban J connectivity index is 1.84. The SMILES string of the molecule is CC(NCCN(C(=O)OC(C)(C)C)C1CC1)c1cccc(Br)c1. The van der Waals surface area contributed by atoms with Crippen molar-refractivity contribution in [1.82, 2.24) is 10.2 Å². The van der Waals surface area contributed by atoms with E-state index >= 15 is 0 Å². The maximum atomic E-state index is 12.3. The highest BCUT2D eigenvalue weighted by molar-refractivity contribution is 9.10. The Kier molecular flexibility index (Phi) is 6.09. The molecule has 1 unspecified atom stereocenters. The third kappa shape index (κ3) is 6.15. The minimum atomic E-state index is -0.443. The summed E-state index contributed by atoms with van der Waals surface area (Å²) in [6.45, 7) is 9.29. The maximum Gasteiger partial charge on any atom is 0.410 e. The van der Waals surface area contributed by atoms with E-state index in [-0.39, 0.29) is 12.1 Å². The van der Waals surface area contributed by atoms with Crippen molar-refractivity contribution in [2.45, 2.75) is 58.2 Å². The van der Waals surface area contributed by atoms with Gasteiger partial charge in [-0.2, -0.15) is 0 Å². The summed E-state index contributed by atoms with van der Waals surface area (Å²) >= 11 is 3.50. The molecule has 128 valence electrons. The number of carbonyl (C=O) groups is 1. The van der Waals surface area contributed by atoms with Gasteiger partial charge in [0.25, 0.3) is 0 Å². The molecule has 0 aliphatic heterocycles. The summed E-state index contributed by atoms with van der Waals surface area (Å²) < 4.78 is 6.59. The summed E-state index contributed by atoms with van der Waals surface area (Å²) in [6, 6.07) is 8.88. The van der Waals surface area contributed by atoms with E-state index in [0.29, 0.717) is 12.6 Å². The number of rotatable bonds is 6. The number of amides is 1. The molecule has 1 aromatic carbocycles. The van der Waals surface area contributed by atoms with Crippen LogP contribution in [-0.2, 0) is 4.74 Å². The van der Waals surface area contributed by atoms with Crippen molar-refractivity contribution in [3.63, 3.8) is 0 Å². The molecule has 4 nitrogen and oxygen atoms in total. The Morgan fingerprint density at radius 2 is 2.13 bits per heavy atom. The molecule has 0 heterocycles. The quantitative estimate of drug-likeness (QED) is 0.787. The van der Waals surface area contributed by atoms with E-state index in [1.165, 1.54) is 5.56 Å². The highest BCUT2D eigenvalue weighted by Gasteiger charge is 2.34. The van der Waals surface area contributed by atoms with E-state index in [1.54, 1.807) is 0 Å². The largest absolute Gasteiger partial charge is 0.444 e. The Morgan fingerprint density at radius 1 is 1.43 bits per heavy atom.